The van der Waals surface area contributed by atoms with Crippen LogP contribution in [0, 0.1) is 0 Å². The molecule has 0 fully saturated rings. The molecule has 76 valence electrons. The second-order valence-electron chi connectivity index (χ2n) is 3.04. The SMILES string of the molecule is CCC(C)(C)F.CCC(F)(F)F. The fourth-order valence-corrected chi connectivity index (χ4v) is 0. The molecule has 0 aliphatic heterocycles. The van der Waals surface area contributed by atoms with Crippen LogP contribution in [-0.2, 0) is 0 Å². The fourth-order valence-electron chi connectivity index (χ4n) is 0. The number of rotatable bonds is 1. The van der Waals surface area contributed by atoms with Gasteiger partial charge in [-0.05, 0) is 20.3 Å². The molecule has 0 aromatic rings. The highest BCUT2D eigenvalue weighted by molar-refractivity contribution is 4.60. The van der Waals surface area contributed by atoms with E-state index in [1.54, 1.807) is 13.8 Å². The van der Waals surface area contributed by atoms with E-state index < -0.39 is 18.3 Å². The van der Waals surface area contributed by atoms with E-state index in [4.69, 9.17) is 0 Å². The maximum atomic E-state index is 12.1. The molecular formula is C8H16F4. The van der Waals surface area contributed by atoms with Gasteiger partial charge in [0.1, 0.15) is 5.67 Å². The maximum absolute atomic E-state index is 12.1. The first-order valence-corrected chi connectivity index (χ1v) is 3.88. The van der Waals surface area contributed by atoms with Crippen LogP contribution in [0.25, 0.3) is 0 Å². The van der Waals surface area contributed by atoms with Crippen molar-refractivity contribution in [2.45, 2.75) is 52.4 Å². The van der Waals surface area contributed by atoms with E-state index in [2.05, 4.69) is 0 Å². The average Bonchev–Trinajstić information content (AvgIpc) is 1.86. The Hall–Kier alpha value is -0.280. The van der Waals surface area contributed by atoms with E-state index in [1.807, 2.05) is 6.92 Å². The van der Waals surface area contributed by atoms with Crippen LogP contribution in [0.2, 0.25) is 0 Å². The van der Waals surface area contributed by atoms with Gasteiger partial charge in [0.2, 0.25) is 0 Å². The zero-order valence-electron chi connectivity index (χ0n) is 7.93. The number of alkyl halides is 4. The molecule has 0 aromatic heterocycles. The molecule has 12 heavy (non-hydrogen) atoms. The largest absolute Gasteiger partial charge is 0.388 e. The number of hydrogen-bond acceptors (Lipinski definition) is 0. The van der Waals surface area contributed by atoms with Gasteiger partial charge in [0.15, 0.2) is 0 Å². The van der Waals surface area contributed by atoms with Crippen molar-refractivity contribution >= 4 is 0 Å². The molecule has 0 amide bonds. The Kier molecular flexibility index (Phi) is 6.39. The third kappa shape index (κ3) is 22.6. The summed E-state index contributed by atoms with van der Waals surface area (Å²) in [4.78, 5) is 0. The summed E-state index contributed by atoms with van der Waals surface area (Å²) < 4.78 is 44.5. The lowest BCUT2D eigenvalue weighted by Gasteiger charge is -2.07. The van der Waals surface area contributed by atoms with Crippen molar-refractivity contribution in [1.82, 2.24) is 0 Å². The fraction of sp³-hybridized carbons (Fsp3) is 1.00. The molecule has 0 aliphatic rings. The second-order valence-corrected chi connectivity index (χ2v) is 3.04. The molecule has 0 N–H and O–H groups in total. The monoisotopic (exact) mass is 188 g/mol. The third-order valence-electron chi connectivity index (χ3n) is 1.24. The number of hydrogen-bond donors (Lipinski definition) is 0. The summed E-state index contributed by atoms with van der Waals surface area (Å²) in [7, 11) is 0. The highest BCUT2D eigenvalue weighted by atomic mass is 19.4. The van der Waals surface area contributed by atoms with Gasteiger partial charge >= 0.3 is 6.18 Å². The lowest BCUT2D eigenvalue weighted by Crippen LogP contribution is -2.07. The topological polar surface area (TPSA) is 0 Å². The van der Waals surface area contributed by atoms with Crippen LogP contribution in [0.1, 0.15) is 40.5 Å². The van der Waals surface area contributed by atoms with Crippen LogP contribution < -0.4 is 0 Å². The summed E-state index contributed by atoms with van der Waals surface area (Å²) in [6.45, 7) is 6.07. The number of halogens is 4. The third-order valence-corrected chi connectivity index (χ3v) is 1.24. The van der Waals surface area contributed by atoms with Crippen LogP contribution in [0.4, 0.5) is 17.6 Å². The van der Waals surface area contributed by atoms with Crippen LogP contribution in [0.15, 0.2) is 0 Å². The van der Waals surface area contributed by atoms with Crippen LogP contribution in [0.5, 0.6) is 0 Å². The summed E-state index contributed by atoms with van der Waals surface area (Å²) in [5.41, 5.74) is -0.958. The maximum Gasteiger partial charge on any atom is 0.388 e. The molecule has 0 saturated carbocycles. The minimum absolute atomic E-state index is 0.604. The standard InChI is InChI=1S/C5H11F.C3H5F3/c1-4-5(2,3)6;1-2-3(4,5)6/h4H2,1-3H3;2H2,1H3. The van der Waals surface area contributed by atoms with Crippen LogP contribution in [0.3, 0.4) is 0 Å². The smallest absolute Gasteiger partial charge is 0.245 e. The van der Waals surface area contributed by atoms with Gasteiger partial charge < -0.3 is 0 Å². The highest BCUT2D eigenvalue weighted by Gasteiger charge is 2.22. The summed E-state index contributed by atoms with van der Waals surface area (Å²) in [5.74, 6) is 0. The van der Waals surface area contributed by atoms with Crippen molar-refractivity contribution in [2.24, 2.45) is 0 Å². The lowest BCUT2D eigenvalue weighted by molar-refractivity contribution is -0.130. The second kappa shape index (κ2) is 5.38. The van der Waals surface area contributed by atoms with Gasteiger partial charge in [-0.3, -0.25) is 0 Å². The Bertz CT molecular complexity index is 84.6. The molecule has 0 spiro atoms. The predicted molar refractivity (Wildman–Crippen MR) is 41.8 cm³/mol. The average molecular weight is 188 g/mol. The minimum Gasteiger partial charge on any atom is -0.245 e. The first-order chi connectivity index (χ1) is 5.12. The summed E-state index contributed by atoms with van der Waals surface area (Å²) in [6.07, 6.45) is -4.08. The Morgan fingerprint density at radius 3 is 1.00 bits per heavy atom. The van der Waals surface area contributed by atoms with E-state index in [0.717, 1.165) is 6.92 Å². The van der Waals surface area contributed by atoms with E-state index in [1.165, 1.54) is 0 Å². The quantitative estimate of drug-likeness (QED) is 0.543. The molecule has 0 aromatic carbocycles. The zero-order chi connectivity index (χ0) is 10.4. The van der Waals surface area contributed by atoms with E-state index in [0.29, 0.717) is 6.42 Å². The van der Waals surface area contributed by atoms with Crippen molar-refractivity contribution in [3.05, 3.63) is 0 Å². The molecule has 0 saturated heterocycles. The minimum atomic E-state index is -3.96. The summed E-state index contributed by atoms with van der Waals surface area (Å²) >= 11 is 0. The molecule has 0 rings (SSSR count). The molecule has 0 unspecified atom stereocenters. The van der Waals surface area contributed by atoms with Gasteiger partial charge in [0, 0.05) is 6.42 Å². The van der Waals surface area contributed by atoms with Gasteiger partial charge in [0.25, 0.3) is 0 Å². The molecule has 4 heteroatoms. The van der Waals surface area contributed by atoms with Crippen molar-refractivity contribution in [1.29, 1.82) is 0 Å². The van der Waals surface area contributed by atoms with Gasteiger partial charge in [0.05, 0.1) is 0 Å². The van der Waals surface area contributed by atoms with Gasteiger partial charge in [-0.25, -0.2) is 4.39 Å². The van der Waals surface area contributed by atoms with E-state index in [9.17, 15) is 17.6 Å². The molecule has 0 heterocycles. The van der Waals surface area contributed by atoms with Crippen molar-refractivity contribution in [3.8, 4) is 0 Å². The Morgan fingerprint density at radius 1 is 0.833 bits per heavy atom. The summed E-state index contributed by atoms with van der Waals surface area (Å²) in [6, 6.07) is 0. The van der Waals surface area contributed by atoms with Gasteiger partial charge in [-0.1, -0.05) is 13.8 Å². The zero-order valence-corrected chi connectivity index (χ0v) is 7.93. The molecule has 0 radical (unpaired) electrons. The van der Waals surface area contributed by atoms with Crippen LogP contribution in [-0.4, -0.2) is 11.8 Å². The molecular weight excluding hydrogens is 172 g/mol. The first-order valence-electron chi connectivity index (χ1n) is 3.88. The molecule has 0 aliphatic carbocycles. The van der Waals surface area contributed by atoms with Gasteiger partial charge in [-0.15, -0.1) is 0 Å². The van der Waals surface area contributed by atoms with Gasteiger partial charge in [-0.2, -0.15) is 13.2 Å². The Balaban J connectivity index is 0. The lowest BCUT2D eigenvalue weighted by atomic mass is 10.1. The Labute approximate surface area is 71.0 Å². The van der Waals surface area contributed by atoms with E-state index >= 15 is 0 Å². The van der Waals surface area contributed by atoms with Crippen molar-refractivity contribution in [3.63, 3.8) is 0 Å². The van der Waals surface area contributed by atoms with Crippen molar-refractivity contribution < 1.29 is 17.6 Å². The first kappa shape index (κ1) is 14.3. The molecule has 0 atom stereocenters. The van der Waals surface area contributed by atoms with E-state index in [-0.39, 0.29) is 0 Å². The molecule has 0 nitrogen and oxygen atoms in total. The van der Waals surface area contributed by atoms with Crippen molar-refractivity contribution in [2.75, 3.05) is 0 Å². The molecule has 0 bridgehead atoms. The Morgan fingerprint density at radius 2 is 1.00 bits per heavy atom. The normalized spacial score (nSPS) is 12.0. The summed E-state index contributed by atoms with van der Waals surface area (Å²) in [5, 5.41) is 0. The highest BCUT2D eigenvalue weighted by Crippen LogP contribution is 2.17. The van der Waals surface area contributed by atoms with Crippen LogP contribution >= 0.6 is 0 Å². The predicted octanol–water partition coefficient (Wildman–Crippen LogP) is 4.10.